The van der Waals surface area contributed by atoms with Crippen LogP contribution in [0.25, 0.3) is 0 Å². The average Bonchev–Trinajstić information content (AvgIpc) is 2.09. The van der Waals surface area contributed by atoms with Gasteiger partial charge in [0.05, 0.1) is 0 Å². The number of carbonyl (C=O) groups excluding carboxylic acids is 1. The number of carboxylic acids is 1. The van der Waals surface area contributed by atoms with Crippen molar-refractivity contribution in [2.45, 2.75) is 33.0 Å². The van der Waals surface area contributed by atoms with Crippen molar-refractivity contribution < 1.29 is 27.9 Å². The third kappa shape index (κ3) is 4.08. The number of carbonyl (C=O) groups is 2. The summed E-state index contributed by atoms with van der Waals surface area (Å²) in [4.78, 5) is 21.8. The maximum absolute atomic E-state index is 12.1. The van der Waals surface area contributed by atoms with Crippen LogP contribution in [0.15, 0.2) is 0 Å². The van der Waals surface area contributed by atoms with Gasteiger partial charge in [0, 0.05) is 0 Å². The van der Waals surface area contributed by atoms with E-state index in [9.17, 15) is 22.8 Å². The summed E-state index contributed by atoms with van der Waals surface area (Å²) in [5, 5.41) is 10.5. The zero-order valence-electron chi connectivity index (χ0n) is 9.13. The topological polar surface area (TPSA) is 66.4 Å². The van der Waals surface area contributed by atoms with E-state index < -0.39 is 35.9 Å². The van der Waals surface area contributed by atoms with Crippen LogP contribution in [0.2, 0.25) is 0 Å². The number of hydrogen-bond acceptors (Lipinski definition) is 2. The Morgan fingerprint density at radius 3 is 1.88 bits per heavy atom. The van der Waals surface area contributed by atoms with Crippen molar-refractivity contribution in [3.05, 3.63) is 0 Å². The highest BCUT2D eigenvalue weighted by molar-refractivity contribution is 5.85. The Balaban J connectivity index is 4.60. The van der Waals surface area contributed by atoms with Gasteiger partial charge in [-0.05, 0) is 12.8 Å². The Morgan fingerprint density at radius 1 is 1.19 bits per heavy atom. The lowest BCUT2D eigenvalue weighted by Gasteiger charge is -2.21. The van der Waals surface area contributed by atoms with Crippen LogP contribution in [-0.4, -0.2) is 29.2 Å². The van der Waals surface area contributed by atoms with Crippen molar-refractivity contribution in [1.82, 2.24) is 5.32 Å². The van der Waals surface area contributed by atoms with Crippen molar-refractivity contribution in [2.24, 2.45) is 11.8 Å². The van der Waals surface area contributed by atoms with Gasteiger partial charge in [-0.15, -0.1) is 0 Å². The molecule has 4 nitrogen and oxygen atoms in total. The van der Waals surface area contributed by atoms with Gasteiger partial charge < -0.3 is 10.4 Å². The van der Waals surface area contributed by atoms with Gasteiger partial charge >= 0.3 is 12.1 Å². The molecule has 0 aliphatic carbocycles. The van der Waals surface area contributed by atoms with E-state index in [-0.39, 0.29) is 0 Å². The normalized spacial score (nSPS) is 15.7. The summed E-state index contributed by atoms with van der Waals surface area (Å²) < 4.78 is 36.4. The van der Waals surface area contributed by atoms with Crippen LogP contribution in [0.3, 0.4) is 0 Å². The molecule has 0 heterocycles. The first-order valence-electron chi connectivity index (χ1n) is 4.67. The quantitative estimate of drug-likeness (QED) is 0.782. The van der Waals surface area contributed by atoms with Crippen LogP contribution in [0, 0.1) is 11.8 Å². The highest BCUT2D eigenvalue weighted by Crippen LogP contribution is 2.25. The molecule has 0 radical (unpaired) electrons. The molecule has 0 aromatic rings. The molecule has 0 aliphatic rings. The van der Waals surface area contributed by atoms with Gasteiger partial charge in [0.25, 0.3) is 0 Å². The first-order chi connectivity index (χ1) is 7.07. The molecule has 0 saturated carbocycles. The van der Waals surface area contributed by atoms with E-state index in [1.54, 1.807) is 0 Å². The average molecular weight is 241 g/mol. The van der Waals surface area contributed by atoms with E-state index in [4.69, 9.17) is 5.11 Å². The lowest BCUT2D eigenvalue weighted by Crippen LogP contribution is -2.48. The predicted molar refractivity (Wildman–Crippen MR) is 49.6 cm³/mol. The summed E-state index contributed by atoms with van der Waals surface area (Å²) in [7, 11) is 0. The third-order valence-corrected chi connectivity index (χ3v) is 2.11. The van der Waals surface area contributed by atoms with Gasteiger partial charge in [-0.1, -0.05) is 13.8 Å². The fraction of sp³-hybridized carbons (Fsp3) is 0.778. The molecule has 0 aliphatic heterocycles. The van der Waals surface area contributed by atoms with E-state index in [0.29, 0.717) is 6.92 Å². The standard InChI is InChI=1S/C9H14F3NO3/c1-4(2)6(8(15)16)13-7(14)5(3)9(10,11)12/h4-6H,1-3H3,(H,13,14)(H,15,16)/t5?,6-/m0/s1. The largest absolute Gasteiger partial charge is 0.480 e. The molecule has 0 bridgehead atoms. The molecule has 16 heavy (non-hydrogen) atoms. The fourth-order valence-corrected chi connectivity index (χ4v) is 0.940. The van der Waals surface area contributed by atoms with Gasteiger partial charge in [0.1, 0.15) is 12.0 Å². The Kier molecular flexibility index (Phi) is 4.77. The molecule has 0 saturated heterocycles. The number of halogens is 3. The van der Waals surface area contributed by atoms with Crippen molar-refractivity contribution >= 4 is 11.9 Å². The number of rotatable bonds is 4. The molecule has 2 atom stereocenters. The Morgan fingerprint density at radius 2 is 1.62 bits per heavy atom. The number of alkyl halides is 3. The number of aliphatic carboxylic acids is 1. The monoisotopic (exact) mass is 241 g/mol. The molecule has 94 valence electrons. The second kappa shape index (κ2) is 5.18. The van der Waals surface area contributed by atoms with Crippen molar-refractivity contribution in [1.29, 1.82) is 0 Å². The minimum absolute atomic E-state index is 0.484. The van der Waals surface area contributed by atoms with E-state index in [2.05, 4.69) is 0 Å². The smallest absolute Gasteiger partial charge is 0.400 e. The molecule has 0 fully saturated rings. The molecule has 1 amide bonds. The van der Waals surface area contributed by atoms with Crippen LogP contribution in [0.4, 0.5) is 13.2 Å². The van der Waals surface area contributed by atoms with Gasteiger partial charge in [-0.3, -0.25) is 4.79 Å². The highest BCUT2D eigenvalue weighted by Gasteiger charge is 2.42. The van der Waals surface area contributed by atoms with E-state index in [1.165, 1.54) is 13.8 Å². The zero-order chi connectivity index (χ0) is 13.1. The Hall–Kier alpha value is -1.27. The summed E-state index contributed by atoms with van der Waals surface area (Å²) >= 11 is 0. The Labute approximate surface area is 90.8 Å². The van der Waals surface area contributed by atoms with Crippen LogP contribution in [-0.2, 0) is 9.59 Å². The summed E-state index contributed by atoms with van der Waals surface area (Å²) in [6, 6.07) is -1.31. The molecule has 2 N–H and O–H groups in total. The summed E-state index contributed by atoms with van der Waals surface area (Å²) in [6.45, 7) is 3.68. The minimum Gasteiger partial charge on any atom is -0.480 e. The molecule has 1 unspecified atom stereocenters. The Bertz CT molecular complexity index is 276. The fourth-order valence-electron chi connectivity index (χ4n) is 0.940. The summed E-state index contributed by atoms with van der Waals surface area (Å²) in [6.07, 6.45) is -4.66. The maximum atomic E-state index is 12.1. The molecular weight excluding hydrogens is 227 g/mol. The van der Waals surface area contributed by atoms with E-state index in [1.807, 2.05) is 5.32 Å². The number of carboxylic acid groups (broad SMARTS) is 1. The first-order valence-corrected chi connectivity index (χ1v) is 4.67. The lowest BCUT2D eigenvalue weighted by atomic mass is 10.0. The third-order valence-electron chi connectivity index (χ3n) is 2.11. The molecular formula is C9H14F3NO3. The molecule has 0 rings (SSSR count). The van der Waals surface area contributed by atoms with Crippen LogP contribution >= 0.6 is 0 Å². The van der Waals surface area contributed by atoms with Crippen LogP contribution in [0.5, 0.6) is 0 Å². The molecule has 7 heteroatoms. The number of nitrogens with one attached hydrogen (secondary N) is 1. The van der Waals surface area contributed by atoms with Gasteiger partial charge in [0.2, 0.25) is 5.91 Å². The van der Waals surface area contributed by atoms with Gasteiger partial charge in [-0.2, -0.15) is 13.2 Å². The number of hydrogen-bond donors (Lipinski definition) is 2. The van der Waals surface area contributed by atoms with Gasteiger partial charge in [0.15, 0.2) is 0 Å². The molecule has 0 aromatic heterocycles. The van der Waals surface area contributed by atoms with E-state index >= 15 is 0 Å². The predicted octanol–water partition coefficient (Wildman–Crippen LogP) is 1.41. The van der Waals surface area contributed by atoms with Crippen molar-refractivity contribution in [3.8, 4) is 0 Å². The lowest BCUT2D eigenvalue weighted by molar-refractivity contribution is -0.180. The van der Waals surface area contributed by atoms with Crippen molar-refractivity contribution in [3.63, 3.8) is 0 Å². The molecule has 0 spiro atoms. The number of amides is 1. The van der Waals surface area contributed by atoms with Crippen LogP contribution < -0.4 is 5.32 Å². The minimum atomic E-state index is -4.66. The van der Waals surface area contributed by atoms with Crippen molar-refractivity contribution in [2.75, 3.05) is 0 Å². The summed E-state index contributed by atoms with van der Waals surface area (Å²) in [5.74, 6) is -5.37. The van der Waals surface area contributed by atoms with Crippen LogP contribution in [0.1, 0.15) is 20.8 Å². The summed E-state index contributed by atoms with van der Waals surface area (Å²) in [5.41, 5.74) is 0. The zero-order valence-corrected chi connectivity index (χ0v) is 9.13. The van der Waals surface area contributed by atoms with E-state index in [0.717, 1.165) is 0 Å². The second-order valence-electron chi connectivity index (χ2n) is 3.83. The second-order valence-corrected chi connectivity index (χ2v) is 3.83. The highest BCUT2D eigenvalue weighted by atomic mass is 19.4. The maximum Gasteiger partial charge on any atom is 0.400 e. The van der Waals surface area contributed by atoms with Gasteiger partial charge in [-0.25, -0.2) is 4.79 Å². The molecule has 0 aromatic carbocycles. The first kappa shape index (κ1) is 14.7. The SMILES string of the molecule is CC(C)[C@H](NC(=O)C(C)C(F)(F)F)C(=O)O.